The molecule has 7 heteroatoms. The summed E-state index contributed by atoms with van der Waals surface area (Å²) in [5.74, 6) is 0.00702. The number of carbonyl (C=O) groups is 2. The van der Waals surface area contributed by atoms with Crippen LogP contribution in [0.4, 0.5) is 0 Å². The third-order valence-electron chi connectivity index (χ3n) is 4.08. The molecule has 0 radical (unpaired) electrons. The van der Waals surface area contributed by atoms with Crippen LogP contribution in [0.25, 0.3) is 10.9 Å². The van der Waals surface area contributed by atoms with Crippen molar-refractivity contribution in [3.63, 3.8) is 0 Å². The number of rotatable bonds is 8. The second-order valence-corrected chi connectivity index (χ2v) is 6.10. The van der Waals surface area contributed by atoms with E-state index < -0.39 is 5.91 Å². The number of carbonyl (C=O) groups excluding carboxylic acids is 2. The maximum Gasteiger partial charge on any atom is 0.267 e. The van der Waals surface area contributed by atoms with Crippen molar-refractivity contribution in [1.82, 2.24) is 15.8 Å². The van der Waals surface area contributed by atoms with Crippen molar-refractivity contribution >= 4 is 22.7 Å². The van der Waals surface area contributed by atoms with Gasteiger partial charge in [0, 0.05) is 23.9 Å². The van der Waals surface area contributed by atoms with Crippen LogP contribution in [0, 0.1) is 0 Å². The van der Waals surface area contributed by atoms with E-state index in [1.165, 1.54) is 0 Å². The zero-order valence-electron chi connectivity index (χ0n) is 14.7. The highest BCUT2D eigenvalue weighted by atomic mass is 16.5. The molecule has 0 aliphatic carbocycles. The van der Waals surface area contributed by atoms with Crippen LogP contribution in [0.1, 0.15) is 28.9 Å². The van der Waals surface area contributed by atoms with Crippen molar-refractivity contribution in [3.05, 3.63) is 65.9 Å². The molecule has 140 valence electrons. The van der Waals surface area contributed by atoms with Gasteiger partial charge in [0.15, 0.2) is 0 Å². The third-order valence-corrected chi connectivity index (χ3v) is 4.08. The summed E-state index contributed by atoms with van der Waals surface area (Å²) in [4.78, 5) is 26.2. The normalized spacial score (nSPS) is 10.6. The predicted octanol–water partition coefficient (Wildman–Crippen LogP) is 2.76. The lowest BCUT2D eigenvalue weighted by molar-refractivity contribution is -0.129. The highest BCUT2D eigenvalue weighted by Gasteiger charge is 2.10. The smallest absolute Gasteiger partial charge is 0.267 e. The Hall–Kier alpha value is -3.32. The fourth-order valence-electron chi connectivity index (χ4n) is 2.67. The molecule has 0 aliphatic rings. The SMILES string of the molecule is O=C(CCCNC(=O)c1cc2cc(OCc3ccccc3)ccc2[nH]1)NO. The number of ether oxygens (including phenoxy) is 1. The Bertz CT molecular complexity index is 921. The van der Waals surface area contributed by atoms with Crippen LogP contribution in [0.5, 0.6) is 5.75 Å². The van der Waals surface area contributed by atoms with E-state index in [1.807, 2.05) is 48.5 Å². The lowest BCUT2D eigenvalue weighted by Gasteiger charge is -2.06. The van der Waals surface area contributed by atoms with Gasteiger partial charge in [-0.2, -0.15) is 0 Å². The fourth-order valence-corrected chi connectivity index (χ4v) is 2.67. The number of hydrogen-bond donors (Lipinski definition) is 4. The molecule has 7 nitrogen and oxygen atoms in total. The van der Waals surface area contributed by atoms with E-state index in [0.29, 0.717) is 25.3 Å². The van der Waals surface area contributed by atoms with Crippen molar-refractivity contribution in [1.29, 1.82) is 0 Å². The molecule has 0 atom stereocenters. The second-order valence-electron chi connectivity index (χ2n) is 6.10. The Morgan fingerprint density at radius 3 is 2.67 bits per heavy atom. The largest absolute Gasteiger partial charge is 0.489 e. The molecule has 2 aromatic carbocycles. The van der Waals surface area contributed by atoms with E-state index in [9.17, 15) is 9.59 Å². The minimum absolute atomic E-state index is 0.144. The monoisotopic (exact) mass is 367 g/mol. The first-order chi connectivity index (χ1) is 13.2. The van der Waals surface area contributed by atoms with Gasteiger partial charge in [-0.25, -0.2) is 5.48 Å². The fraction of sp³-hybridized carbons (Fsp3) is 0.200. The maximum atomic E-state index is 12.2. The zero-order valence-corrected chi connectivity index (χ0v) is 14.7. The summed E-state index contributed by atoms with van der Waals surface area (Å²) in [5.41, 5.74) is 3.92. The quantitative estimate of drug-likeness (QED) is 0.279. The van der Waals surface area contributed by atoms with Crippen LogP contribution in [0.2, 0.25) is 0 Å². The third kappa shape index (κ3) is 5.08. The molecular formula is C20H21N3O4. The van der Waals surface area contributed by atoms with Crippen LogP contribution in [0.15, 0.2) is 54.6 Å². The number of hydroxylamine groups is 1. The van der Waals surface area contributed by atoms with Gasteiger partial charge in [0.1, 0.15) is 18.1 Å². The first-order valence-corrected chi connectivity index (χ1v) is 8.66. The molecule has 27 heavy (non-hydrogen) atoms. The number of fused-ring (bicyclic) bond motifs is 1. The van der Waals surface area contributed by atoms with Gasteiger partial charge in [-0.3, -0.25) is 14.8 Å². The van der Waals surface area contributed by atoms with Crippen LogP contribution >= 0.6 is 0 Å². The molecule has 0 bridgehead atoms. The molecule has 3 aromatic rings. The summed E-state index contributed by atoms with van der Waals surface area (Å²) in [5, 5.41) is 12.0. The van der Waals surface area contributed by atoms with Gasteiger partial charge in [-0.15, -0.1) is 0 Å². The van der Waals surface area contributed by atoms with Gasteiger partial charge in [-0.05, 0) is 36.2 Å². The van der Waals surface area contributed by atoms with Crippen LogP contribution in [-0.2, 0) is 11.4 Å². The number of benzene rings is 2. The van der Waals surface area contributed by atoms with Gasteiger partial charge in [0.2, 0.25) is 5.91 Å². The number of hydrogen-bond acceptors (Lipinski definition) is 4. The highest BCUT2D eigenvalue weighted by molar-refractivity contribution is 5.98. The van der Waals surface area contributed by atoms with E-state index >= 15 is 0 Å². The van der Waals surface area contributed by atoms with Gasteiger partial charge < -0.3 is 15.0 Å². The summed E-state index contributed by atoms with van der Waals surface area (Å²) >= 11 is 0. The van der Waals surface area contributed by atoms with Crippen molar-refractivity contribution in [2.75, 3.05) is 6.54 Å². The molecule has 0 saturated carbocycles. The van der Waals surface area contributed by atoms with Crippen molar-refractivity contribution < 1.29 is 19.5 Å². The molecule has 0 fully saturated rings. The highest BCUT2D eigenvalue weighted by Crippen LogP contribution is 2.22. The Labute approximate surface area is 156 Å². The van der Waals surface area contributed by atoms with Crippen LogP contribution in [-0.4, -0.2) is 28.6 Å². The average Bonchev–Trinajstić information content (AvgIpc) is 3.13. The van der Waals surface area contributed by atoms with Crippen molar-refractivity contribution in [3.8, 4) is 5.75 Å². The van der Waals surface area contributed by atoms with Gasteiger partial charge >= 0.3 is 0 Å². The molecule has 2 amide bonds. The standard InChI is InChI=1S/C20H21N3O4/c24-19(23-26)7-4-10-21-20(25)18-12-15-11-16(8-9-17(15)22-18)27-13-14-5-2-1-3-6-14/h1-3,5-6,8-9,11-12,22,26H,4,7,10,13H2,(H,21,25)(H,23,24). The summed E-state index contributed by atoms with van der Waals surface area (Å²) < 4.78 is 5.81. The number of amides is 2. The predicted molar refractivity (Wildman–Crippen MR) is 101 cm³/mol. The second kappa shape index (κ2) is 8.86. The lowest BCUT2D eigenvalue weighted by atomic mass is 10.2. The molecule has 1 heterocycles. The topological polar surface area (TPSA) is 103 Å². The number of H-pyrrole nitrogens is 1. The van der Waals surface area contributed by atoms with Crippen molar-refractivity contribution in [2.45, 2.75) is 19.4 Å². The molecule has 0 aliphatic heterocycles. The Balaban J connectivity index is 1.58. The average molecular weight is 367 g/mol. The molecule has 1 aromatic heterocycles. The van der Waals surface area contributed by atoms with E-state index in [0.717, 1.165) is 22.2 Å². The van der Waals surface area contributed by atoms with Gasteiger partial charge in [0.05, 0.1) is 0 Å². The van der Waals surface area contributed by atoms with Crippen LogP contribution in [0.3, 0.4) is 0 Å². The first kappa shape index (κ1) is 18.5. The lowest BCUT2D eigenvalue weighted by Crippen LogP contribution is -2.26. The van der Waals surface area contributed by atoms with Crippen molar-refractivity contribution in [2.24, 2.45) is 0 Å². The minimum atomic E-state index is -0.474. The van der Waals surface area contributed by atoms with E-state index in [-0.39, 0.29) is 12.3 Å². The zero-order chi connectivity index (χ0) is 19.1. The Kier molecular flexibility index (Phi) is 6.06. The number of aromatic nitrogens is 1. The van der Waals surface area contributed by atoms with E-state index in [2.05, 4.69) is 10.3 Å². The molecule has 0 unspecified atom stereocenters. The summed E-state index contributed by atoms with van der Waals surface area (Å²) in [6.07, 6.45) is 0.585. The summed E-state index contributed by atoms with van der Waals surface area (Å²) in [6.45, 7) is 0.818. The molecule has 4 N–H and O–H groups in total. The summed E-state index contributed by atoms with van der Waals surface area (Å²) in [6, 6.07) is 17.3. The molecular weight excluding hydrogens is 346 g/mol. The van der Waals surface area contributed by atoms with Crippen LogP contribution < -0.4 is 15.5 Å². The Morgan fingerprint density at radius 2 is 1.89 bits per heavy atom. The van der Waals surface area contributed by atoms with E-state index in [4.69, 9.17) is 9.94 Å². The Morgan fingerprint density at radius 1 is 1.07 bits per heavy atom. The summed E-state index contributed by atoms with van der Waals surface area (Å²) in [7, 11) is 0. The maximum absolute atomic E-state index is 12.2. The van der Waals surface area contributed by atoms with Gasteiger partial charge in [0.25, 0.3) is 5.91 Å². The van der Waals surface area contributed by atoms with E-state index in [1.54, 1.807) is 11.5 Å². The molecule has 0 spiro atoms. The van der Waals surface area contributed by atoms with Gasteiger partial charge in [-0.1, -0.05) is 30.3 Å². The minimum Gasteiger partial charge on any atom is -0.489 e. The molecule has 3 rings (SSSR count). The number of nitrogens with one attached hydrogen (secondary N) is 3. The molecule has 0 saturated heterocycles. The first-order valence-electron chi connectivity index (χ1n) is 8.66. The number of aromatic amines is 1.